The molecule has 0 heterocycles. The lowest BCUT2D eigenvalue weighted by Crippen LogP contribution is -2.34. The Hall–Kier alpha value is -0.120. The van der Waals surface area contributed by atoms with Gasteiger partial charge in [0, 0.05) is 12.6 Å². The van der Waals surface area contributed by atoms with Crippen LogP contribution in [0.3, 0.4) is 0 Å². The minimum atomic E-state index is -0.334. The number of hydrogen-bond donors (Lipinski definition) is 3. The predicted octanol–water partition coefficient (Wildman–Crippen LogP) is -0.662. The minimum absolute atomic E-state index is 0.0830. The quantitative estimate of drug-likeness (QED) is 0.477. The van der Waals surface area contributed by atoms with Crippen molar-refractivity contribution in [3.05, 3.63) is 0 Å². The van der Waals surface area contributed by atoms with Crippen molar-refractivity contribution in [2.24, 2.45) is 0 Å². The van der Waals surface area contributed by atoms with Gasteiger partial charge in [0.1, 0.15) is 0 Å². The van der Waals surface area contributed by atoms with E-state index < -0.39 is 0 Å². The van der Waals surface area contributed by atoms with Crippen LogP contribution in [-0.2, 0) is 0 Å². The first-order valence-corrected chi connectivity index (χ1v) is 3.19. The molecule has 0 rings (SSSR count). The topological polar surface area (TPSA) is 52.5 Å². The van der Waals surface area contributed by atoms with Crippen LogP contribution < -0.4 is 5.32 Å². The molecule has 0 radical (unpaired) electrons. The van der Waals surface area contributed by atoms with E-state index in [1.807, 2.05) is 6.92 Å². The molecule has 0 amide bonds. The molecule has 0 fully saturated rings. The summed E-state index contributed by atoms with van der Waals surface area (Å²) in [5, 5.41) is 20.2. The standard InChI is InChI=1S/C6H15NO2/c1-5(4-8)7-3-6(2)9/h5-9H,3-4H2,1-2H3/t5?,6-/m1/s1. The van der Waals surface area contributed by atoms with E-state index in [0.717, 1.165) is 0 Å². The number of aliphatic hydroxyl groups excluding tert-OH is 2. The van der Waals surface area contributed by atoms with Crippen molar-refractivity contribution in [3.63, 3.8) is 0 Å². The molecule has 0 aromatic rings. The molecule has 1 unspecified atom stereocenters. The zero-order chi connectivity index (χ0) is 7.28. The first-order valence-electron chi connectivity index (χ1n) is 3.19. The van der Waals surface area contributed by atoms with Gasteiger partial charge < -0.3 is 15.5 Å². The summed E-state index contributed by atoms with van der Waals surface area (Å²) < 4.78 is 0. The molecule has 2 atom stereocenters. The highest BCUT2D eigenvalue weighted by Crippen LogP contribution is 1.80. The normalized spacial score (nSPS) is 17.3. The number of rotatable bonds is 4. The van der Waals surface area contributed by atoms with Gasteiger partial charge in [0.2, 0.25) is 0 Å². The molecular weight excluding hydrogens is 118 g/mol. The molecular formula is C6H15NO2. The Labute approximate surface area is 55.7 Å². The van der Waals surface area contributed by atoms with Gasteiger partial charge in [-0.3, -0.25) is 0 Å². The summed E-state index contributed by atoms with van der Waals surface area (Å²) in [6.07, 6.45) is -0.334. The molecule has 0 spiro atoms. The highest BCUT2D eigenvalue weighted by atomic mass is 16.3. The summed E-state index contributed by atoms with van der Waals surface area (Å²) in [5.41, 5.74) is 0. The van der Waals surface area contributed by atoms with Crippen molar-refractivity contribution in [2.75, 3.05) is 13.2 Å². The third-order valence-corrected chi connectivity index (χ3v) is 1.04. The molecule has 0 bridgehead atoms. The van der Waals surface area contributed by atoms with Crippen LogP contribution in [0.5, 0.6) is 0 Å². The van der Waals surface area contributed by atoms with Gasteiger partial charge in [-0.15, -0.1) is 0 Å². The number of nitrogens with one attached hydrogen (secondary N) is 1. The molecule has 0 aliphatic heterocycles. The molecule has 3 heteroatoms. The van der Waals surface area contributed by atoms with E-state index in [9.17, 15) is 0 Å². The van der Waals surface area contributed by atoms with Gasteiger partial charge in [-0.1, -0.05) is 0 Å². The van der Waals surface area contributed by atoms with Gasteiger partial charge in [0.25, 0.3) is 0 Å². The molecule has 0 saturated heterocycles. The molecule has 3 N–H and O–H groups in total. The van der Waals surface area contributed by atoms with Crippen molar-refractivity contribution in [1.82, 2.24) is 5.32 Å². The lowest BCUT2D eigenvalue weighted by atomic mass is 10.3. The smallest absolute Gasteiger partial charge is 0.0636 e. The molecule has 3 nitrogen and oxygen atoms in total. The fourth-order valence-electron chi connectivity index (χ4n) is 0.436. The third kappa shape index (κ3) is 5.76. The first-order chi connectivity index (χ1) is 4.16. The van der Waals surface area contributed by atoms with Crippen molar-refractivity contribution in [1.29, 1.82) is 0 Å². The van der Waals surface area contributed by atoms with E-state index >= 15 is 0 Å². The van der Waals surface area contributed by atoms with Gasteiger partial charge in [0.05, 0.1) is 12.7 Å². The van der Waals surface area contributed by atoms with E-state index in [-0.39, 0.29) is 18.8 Å². The van der Waals surface area contributed by atoms with Gasteiger partial charge in [-0.05, 0) is 13.8 Å². The Morgan fingerprint density at radius 1 is 1.44 bits per heavy atom. The Bertz CT molecular complexity index is 66.1. The van der Waals surface area contributed by atoms with Gasteiger partial charge in [0.15, 0.2) is 0 Å². The van der Waals surface area contributed by atoms with E-state index in [0.29, 0.717) is 6.54 Å². The minimum Gasteiger partial charge on any atom is -0.395 e. The van der Waals surface area contributed by atoms with Crippen molar-refractivity contribution in [2.45, 2.75) is 26.0 Å². The Balaban J connectivity index is 3.06. The van der Waals surface area contributed by atoms with Gasteiger partial charge in [-0.25, -0.2) is 0 Å². The molecule has 0 saturated carbocycles. The third-order valence-electron chi connectivity index (χ3n) is 1.04. The largest absolute Gasteiger partial charge is 0.395 e. The van der Waals surface area contributed by atoms with Crippen LogP contribution in [0.25, 0.3) is 0 Å². The van der Waals surface area contributed by atoms with E-state index in [1.165, 1.54) is 0 Å². The second-order valence-electron chi connectivity index (χ2n) is 2.34. The average Bonchev–Trinajstić information content (AvgIpc) is 1.83. The van der Waals surface area contributed by atoms with Gasteiger partial charge in [-0.2, -0.15) is 0 Å². The lowest BCUT2D eigenvalue weighted by Gasteiger charge is -2.11. The maximum Gasteiger partial charge on any atom is 0.0636 e. The fraction of sp³-hybridized carbons (Fsp3) is 1.00. The van der Waals surface area contributed by atoms with Crippen molar-refractivity contribution >= 4 is 0 Å². The summed E-state index contributed by atoms with van der Waals surface area (Å²) >= 11 is 0. The Morgan fingerprint density at radius 3 is 2.33 bits per heavy atom. The van der Waals surface area contributed by atoms with E-state index in [1.54, 1.807) is 6.92 Å². The highest BCUT2D eigenvalue weighted by molar-refractivity contribution is 4.59. The fourth-order valence-corrected chi connectivity index (χ4v) is 0.436. The van der Waals surface area contributed by atoms with Crippen LogP contribution in [0.4, 0.5) is 0 Å². The second kappa shape index (κ2) is 4.73. The lowest BCUT2D eigenvalue weighted by molar-refractivity contribution is 0.175. The zero-order valence-corrected chi connectivity index (χ0v) is 5.96. The van der Waals surface area contributed by atoms with Crippen LogP contribution in [0, 0.1) is 0 Å². The Kier molecular flexibility index (Phi) is 4.67. The van der Waals surface area contributed by atoms with Crippen LogP contribution >= 0.6 is 0 Å². The first kappa shape index (κ1) is 8.88. The zero-order valence-electron chi connectivity index (χ0n) is 5.96. The summed E-state index contributed by atoms with van der Waals surface area (Å²) in [6.45, 7) is 4.23. The summed E-state index contributed by atoms with van der Waals surface area (Å²) in [5.74, 6) is 0. The highest BCUT2D eigenvalue weighted by Gasteiger charge is 1.99. The molecule has 0 aliphatic rings. The van der Waals surface area contributed by atoms with Crippen LogP contribution in [0.1, 0.15) is 13.8 Å². The average molecular weight is 133 g/mol. The van der Waals surface area contributed by atoms with Crippen LogP contribution in [0.2, 0.25) is 0 Å². The van der Waals surface area contributed by atoms with E-state index in [4.69, 9.17) is 10.2 Å². The van der Waals surface area contributed by atoms with E-state index in [2.05, 4.69) is 5.32 Å². The van der Waals surface area contributed by atoms with Crippen LogP contribution in [-0.4, -0.2) is 35.5 Å². The number of aliphatic hydroxyl groups is 2. The second-order valence-corrected chi connectivity index (χ2v) is 2.34. The monoisotopic (exact) mass is 133 g/mol. The van der Waals surface area contributed by atoms with Crippen LogP contribution in [0.15, 0.2) is 0 Å². The molecule has 56 valence electrons. The Morgan fingerprint density at radius 2 is 2.00 bits per heavy atom. The summed E-state index contributed by atoms with van der Waals surface area (Å²) in [7, 11) is 0. The molecule has 0 aromatic carbocycles. The maximum absolute atomic E-state index is 8.75. The summed E-state index contributed by atoms with van der Waals surface area (Å²) in [4.78, 5) is 0. The van der Waals surface area contributed by atoms with Crippen molar-refractivity contribution in [3.8, 4) is 0 Å². The van der Waals surface area contributed by atoms with Crippen molar-refractivity contribution < 1.29 is 10.2 Å². The summed E-state index contributed by atoms with van der Waals surface area (Å²) in [6, 6.07) is 0.0830. The molecule has 0 aliphatic carbocycles. The molecule has 9 heavy (non-hydrogen) atoms. The predicted molar refractivity (Wildman–Crippen MR) is 36.2 cm³/mol. The molecule has 0 aromatic heterocycles. The number of hydrogen-bond acceptors (Lipinski definition) is 3. The maximum atomic E-state index is 8.75. The van der Waals surface area contributed by atoms with Gasteiger partial charge >= 0.3 is 0 Å². The SMILES string of the molecule is CC(CO)NC[C@@H](C)O.